The van der Waals surface area contributed by atoms with Gasteiger partial charge in [-0.1, -0.05) is 6.92 Å². The molecule has 0 saturated heterocycles. The second-order valence-corrected chi connectivity index (χ2v) is 4.04. The van der Waals surface area contributed by atoms with Crippen LogP contribution in [0.5, 0.6) is 0 Å². The van der Waals surface area contributed by atoms with Gasteiger partial charge in [-0.25, -0.2) is 4.79 Å². The fourth-order valence-corrected chi connectivity index (χ4v) is 1.47. The summed E-state index contributed by atoms with van der Waals surface area (Å²) in [6.45, 7) is 7.03. The summed E-state index contributed by atoms with van der Waals surface area (Å²) < 4.78 is 6.70. The monoisotopic (exact) mass is 239 g/mol. The Morgan fingerprint density at radius 2 is 2.29 bits per heavy atom. The van der Waals surface area contributed by atoms with Crippen molar-refractivity contribution in [3.05, 3.63) is 17.5 Å². The van der Waals surface area contributed by atoms with E-state index in [0.29, 0.717) is 24.8 Å². The molecule has 0 aliphatic heterocycles. The average molecular weight is 239 g/mol. The van der Waals surface area contributed by atoms with E-state index in [1.165, 1.54) is 0 Å². The summed E-state index contributed by atoms with van der Waals surface area (Å²) in [5, 5.41) is 7.44. The van der Waals surface area contributed by atoms with Crippen molar-refractivity contribution in [2.24, 2.45) is 7.05 Å². The van der Waals surface area contributed by atoms with Crippen LogP contribution < -0.4 is 5.32 Å². The van der Waals surface area contributed by atoms with Gasteiger partial charge in [0.05, 0.1) is 18.5 Å². The number of hydrogen-bond acceptors (Lipinski definition) is 4. The molecule has 0 aromatic carbocycles. The maximum Gasteiger partial charge on any atom is 0.341 e. The molecule has 0 fully saturated rings. The van der Waals surface area contributed by atoms with Gasteiger partial charge in [0.25, 0.3) is 0 Å². The minimum atomic E-state index is -0.304. The molecule has 1 N–H and O–H groups in total. The second-order valence-electron chi connectivity index (χ2n) is 4.04. The van der Waals surface area contributed by atoms with Crippen LogP contribution in [0, 0.1) is 0 Å². The molecule has 17 heavy (non-hydrogen) atoms. The predicted molar refractivity (Wildman–Crippen MR) is 65.8 cm³/mol. The molecule has 1 aromatic rings. The highest BCUT2D eigenvalue weighted by Gasteiger charge is 2.17. The number of hydrogen-bond donors (Lipinski definition) is 1. The third-order valence-corrected chi connectivity index (χ3v) is 2.79. The molecule has 1 heterocycles. The first kappa shape index (κ1) is 13.7. The van der Waals surface area contributed by atoms with Crippen LogP contribution in [-0.4, -0.2) is 28.4 Å². The van der Waals surface area contributed by atoms with E-state index in [2.05, 4.69) is 24.3 Å². The lowest BCUT2D eigenvalue weighted by atomic mass is 10.2. The molecular formula is C12H21N3O2. The van der Waals surface area contributed by atoms with Gasteiger partial charge in [0.1, 0.15) is 5.56 Å². The Bertz CT molecular complexity index is 374. The van der Waals surface area contributed by atoms with Gasteiger partial charge in [0.2, 0.25) is 0 Å². The van der Waals surface area contributed by atoms with Gasteiger partial charge in [-0.2, -0.15) is 5.10 Å². The average Bonchev–Trinajstić information content (AvgIpc) is 2.68. The summed E-state index contributed by atoms with van der Waals surface area (Å²) in [6, 6.07) is 0.417. The van der Waals surface area contributed by atoms with Crippen LogP contribution in [0.2, 0.25) is 0 Å². The van der Waals surface area contributed by atoms with Crippen molar-refractivity contribution in [1.82, 2.24) is 15.1 Å². The lowest BCUT2D eigenvalue weighted by Gasteiger charge is -2.12. The number of nitrogens with one attached hydrogen (secondary N) is 1. The normalized spacial score (nSPS) is 12.5. The first-order valence-corrected chi connectivity index (χ1v) is 6.01. The van der Waals surface area contributed by atoms with E-state index in [4.69, 9.17) is 4.74 Å². The largest absolute Gasteiger partial charge is 0.462 e. The van der Waals surface area contributed by atoms with E-state index < -0.39 is 0 Å². The van der Waals surface area contributed by atoms with Crippen LogP contribution in [0.1, 0.15) is 43.2 Å². The smallest absolute Gasteiger partial charge is 0.341 e. The summed E-state index contributed by atoms with van der Waals surface area (Å²) in [5.74, 6) is -0.304. The van der Waals surface area contributed by atoms with Crippen molar-refractivity contribution >= 4 is 5.97 Å². The number of nitrogens with zero attached hydrogens (tertiary/aromatic N) is 2. The highest BCUT2D eigenvalue weighted by atomic mass is 16.5. The van der Waals surface area contributed by atoms with Crippen LogP contribution in [0.3, 0.4) is 0 Å². The van der Waals surface area contributed by atoms with Crippen molar-refractivity contribution in [2.75, 3.05) is 6.61 Å². The summed E-state index contributed by atoms with van der Waals surface area (Å²) in [4.78, 5) is 11.7. The Labute approximate surface area is 102 Å². The zero-order valence-electron chi connectivity index (χ0n) is 11.0. The lowest BCUT2D eigenvalue weighted by molar-refractivity contribution is 0.0524. The quantitative estimate of drug-likeness (QED) is 0.764. The molecule has 0 saturated carbocycles. The molecule has 0 spiro atoms. The van der Waals surface area contributed by atoms with Crippen LogP contribution >= 0.6 is 0 Å². The van der Waals surface area contributed by atoms with E-state index in [-0.39, 0.29) is 5.97 Å². The van der Waals surface area contributed by atoms with Crippen molar-refractivity contribution in [3.63, 3.8) is 0 Å². The standard InChI is InChI=1S/C12H21N3O2/c1-5-9(3)13-8-11-10(7-14-15(11)4)12(16)17-6-2/h7,9,13H,5-6,8H2,1-4H3. The first-order chi connectivity index (χ1) is 8.10. The summed E-state index contributed by atoms with van der Waals surface area (Å²) in [7, 11) is 1.83. The van der Waals surface area contributed by atoms with Crippen LogP contribution in [-0.2, 0) is 18.3 Å². The second kappa shape index (κ2) is 6.39. The zero-order valence-corrected chi connectivity index (χ0v) is 11.0. The van der Waals surface area contributed by atoms with Crippen molar-refractivity contribution in [1.29, 1.82) is 0 Å². The number of rotatable bonds is 6. The molecule has 5 nitrogen and oxygen atoms in total. The number of carbonyl (C=O) groups excluding carboxylic acids is 1. The molecule has 1 atom stereocenters. The minimum Gasteiger partial charge on any atom is -0.462 e. The van der Waals surface area contributed by atoms with Gasteiger partial charge in [-0.05, 0) is 20.3 Å². The molecule has 96 valence electrons. The molecule has 0 amide bonds. The Morgan fingerprint density at radius 3 is 2.88 bits per heavy atom. The molecule has 0 aliphatic carbocycles. The van der Waals surface area contributed by atoms with Gasteiger partial charge in [-0.3, -0.25) is 4.68 Å². The van der Waals surface area contributed by atoms with E-state index in [9.17, 15) is 4.79 Å². The Morgan fingerprint density at radius 1 is 1.59 bits per heavy atom. The lowest BCUT2D eigenvalue weighted by Crippen LogP contribution is -2.26. The van der Waals surface area contributed by atoms with Gasteiger partial charge >= 0.3 is 5.97 Å². The fraction of sp³-hybridized carbons (Fsp3) is 0.667. The summed E-state index contributed by atoms with van der Waals surface area (Å²) >= 11 is 0. The highest BCUT2D eigenvalue weighted by Crippen LogP contribution is 2.09. The van der Waals surface area contributed by atoms with E-state index in [1.54, 1.807) is 17.8 Å². The minimum absolute atomic E-state index is 0.304. The van der Waals surface area contributed by atoms with Crippen molar-refractivity contribution in [3.8, 4) is 0 Å². The van der Waals surface area contributed by atoms with Crippen LogP contribution in [0.25, 0.3) is 0 Å². The number of aryl methyl sites for hydroxylation is 1. The van der Waals surface area contributed by atoms with E-state index in [1.807, 2.05) is 7.05 Å². The third kappa shape index (κ3) is 3.56. The van der Waals surface area contributed by atoms with E-state index in [0.717, 1.165) is 12.1 Å². The van der Waals surface area contributed by atoms with E-state index >= 15 is 0 Å². The number of ether oxygens (including phenoxy) is 1. The first-order valence-electron chi connectivity index (χ1n) is 6.01. The SMILES string of the molecule is CCOC(=O)c1cnn(C)c1CNC(C)CC. The van der Waals surface area contributed by atoms with Gasteiger partial charge in [0, 0.05) is 19.6 Å². The van der Waals surface area contributed by atoms with Crippen LogP contribution in [0.15, 0.2) is 6.20 Å². The number of esters is 1. The topological polar surface area (TPSA) is 56.1 Å². The Hall–Kier alpha value is -1.36. The maximum atomic E-state index is 11.7. The molecule has 0 bridgehead atoms. The molecule has 1 unspecified atom stereocenters. The molecule has 1 aromatic heterocycles. The fourth-order valence-electron chi connectivity index (χ4n) is 1.47. The predicted octanol–water partition coefficient (Wildman–Crippen LogP) is 1.48. The zero-order chi connectivity index (χ0) is 12.8. The molecular weight excluding hydrogens is 218 g/mol. The van der Waals surface area contributed by atoms with Crippen molar-refractivity contribution < 1.29 is 9.53 Å². The van der Waals surface area contributed by atoms with Gasteiger partial charge in [0.15, 0.2) is 0 Å². The third-order valence-electron chi connectivity index (χ3n) is 2.79. The maximum absolute atomic E-state index is 11.7. The summed E-state index contributed by atoms with van der Waals surface area (Å²) in [6.07, 6.45) is 2.61. The molecule has 0 radical (unpaired) electrons. The molecule has 5 heteroatoms. The number of aromatic nitrogens is 2. The van der Waals surface area contributed by atoms with Crippen molar-refractivity contribution in [2.45, 2.75) is 39.8 Å². The highest BCUT2D eigenvalue weighted by molar-refractivity contribution is 5.90. The van der Waals surface area contributed by atoms with Gasteiger partial charge in [-0.15, -0.1) is 0 Å². The number of carbonyl (C=O) groups is 1. The van der Waals surface area contributed by atoms with Crippen LogP contribution in [0.4, 0.5) is 0 Å². The Balaban J connectivity index is 2.76. The molecule has 0 aliphatic rings. The van der Waals surface area contributed by atoms with Gasteiger partial charge < -0.3 is 10.1 Å². The molecule has 1 rings (SSSR count). The Kier molecular flexibility index (Phi) is 5.15. The summed E-state index contributed by atoms with van der Waals surface area (Å²) in [5.41, 5.74) is 1.41.